The molecular formula is C15H22N6. The molecule has 0 spiro atoms. The summed E-state index contributed by atoms with van der Waals surface area (Å²) in [6.07, 6.45) is 8.56. The van der Waals surface area contributed by atoms with E-state index in [2.05, 4.69) is 32.3 Å². The van der Waals surface area contributed by atoms with E-state index in [1.54, 1.807) is 0 Å². The Morgan fingerprint density at radius 2 is 2.19 bits per heavy atom. The molecule has 2 fully saturated rings. The summed E-state index contributed by atoms with van der Waals surface area (Å²) < 4.78 is 0. The monoisotopic (exact) mass is 286 g/mol. The van der Waals surface area contributed by atoms with Gasteiger partial charge in [0.25, 0.3) is 0 Å². The van der Waals surface area contributed by atoms with Crippen LogP contribution in [0, 0.1) is 5.92 Å². The minimum absolute atomic E-state index is 0.654. The van der Waals surface area contributed by atoms with Gasteiger partial charge in [0.1, 0.15) is 5.82 Å². The van der Waals surface area contributed by atoms with Crippen LogP contribution < -0.4 is 10.2 Å². The normalized spacial score (nSPS) is 25.3. The van der Waals surface area contributed by atoms with E-state index in [1.807, 2.05) is 6.20 Å². The third-order valence-electron chi connectivity index (χ3n) is 4.91. The predicted molar refractivity (Wildman–Crippen MR) is 83.6 cm³/mol. The molecule has 6 nitrogen and oxygen atoms in total. The average molecular weight is 286 g/mol. The number of aromatic amines is 1. The third kappa shape index (κ3) is 2.13. The van der Waals surface area contributed by atoms with Crippen molar-refractivity contribution in [2.75, 3.05) is 23.3 Å². The highest BCUT2D eigenvalue weighted by Gasteiger charge is 2.37. The summed E-state index contributed by atoms with van der Waals surface area (Å²) in [7, 11) is 0. The number of fused-ring (bicyclic) bond motifs is 2. The van der Waals surface area contributed by atoms with Crippen LogP contribution in [0.25, 0.3) is 11.0 Å². The van der Waals surface area contributed by atoms with Crippen molar-refractivity contribution in [1.29, 1.82) is 0 Å². The van der Waals surface area contributed by atoms with E-state index in [4.69, 9.17) is 4.98 Å². The van der Waals surface area contributed by atoms with Gasteiger partial charge in [-0.15, -0.1) is 0 Å². The first-order chi connectivity index (χ1) is 10.4. The molecule has 0 radical (unpaired) electrons. The molecule has 0 amide bonds. The van der Waals surface area contributed by atoms with Gasteiger partial charge in [0.15, 0.2) is 5.65 Å². The first kappa shape index (κ1) is 12.9. The number of anilines is 2. The zero-order chi connectivity index (χ0) is 14.2. The molecule has 1 saturated carbocycles. The number of hydrogen-bond acceptors (Lipinski definition) is 5. The maximum Gasteiger partial charge on any atom is 0.226 e. The number of H-pyrrole nitrogens is 1. The highest BCUT2D eigenvalue weighted by molar-refractivity contribution is 5.87. The van der Waals surface area contributed by atoms with Gasteiger partial charge >= 0.3 is 0 Å². The van der Waals surface area contributed by atoms with Gasteiger partial charge in [-0.2, -0.15) is 15.1 Å². The van der Waals surface area contributed by atoms with E-state index >= 15 is 0 Å². The van der Waals surface area contributed by atoms with Gasteiger partial charge < -0.3 is 10.2 Å². The largest absolute Gasteiger partial charge is 0.354 e. The molecule has 0 aromatic carbocycles. The molecule has 2 atom stereocenters. The lowest BCUT2D eigenvalue weighted by Gasteiger charge is -2.32. The Labute approximate surface area is 124 Å². The number of aromatic nitrogens is 4. The van der Waals surface area contributed by atoms with Gasteiger partial charge in [-0.25, -0.2) is 0 Å². The standard InChI is InChI=1S/C15H22N6/c1-2-16-15-18-13-11(9-17-20-13)14(19-15)21-8-7-10-5-3-4-6-12(10)21/h9-10,12H,2-8H2,1H3,(H2,16,17,18,19,20). The van der Waals surface area contributed by atoms with Crippen LogP contribution >= 0.6 is 0 Å². The molecule has 2 aromatic heterocycles. The van der Waals surface area contributed by atoms with Gasteiger partial charge in [-0.3, -0.25) is 5.10 Å². The topological polar surface area (TPSA) is 69.7 Å². The predicted octanol–water partition coefficient (Wildman–Crippen LogP) is 2.55. The molecule has 6 heteroatoms. The maximum absolute atomic E-state index is 4.78. The molecule has 2 N–H and O–H groups in total. The highest BCUT2D eigenvalue weighted by Crippen LogP contribution is 2.40. The minimum Gasteiger partial charge on any atom is -0.354 e. The molecule has 0 bridgehead atoms. The molecule has 2 aliphatic rings. The van der Waals surface area contributed by atoms with E-state index in [9.17, 15) is 0 Å². The first-order valence-electron chi connectivity index (χ1n) is 8.08. The fourth-order valence-corrected chi connectivity index (χ4v) is 3.94. The Kier molecular flexibility index (Phi) is 3.16. The van der Waals surface area contributed by atoms with E-state index in [1.165, 1.54) is 32.1 Å². The Morgan fingerprint density at radius 1 is 1.29 bits per heavy atom. The van der Waals surface area contributed by atoms with Crippen LogP contribution in [-0.4, -0.2) is 39.3 Å². The van der Waals surface area contributed by atoms with Crippen molar-refractivity contribution in [2.24, 2.45) is 5.92 Å². The van der Waals surface area contributed by atoms with E-state index in [0.29, 0.717) is 12.0 Å². The number of nitrogens with zero attached hydrogens (tertiary/aromatic N) is 4. The van der Waals surface area contributed by atoms with Gasteiger partial charge in [0.2, 0.25) is 5.95 Å². The van der Waals surface area contributed by atoms with Crippen molar-refractivity contribution < 1.29 is 0 Å². The Bertz CT molecular complexity index is 636. The summed E-state index contributed by atoms with van der Waals surface area (Å²) in [6, 6.07) is 0.654. The van der Waals surface area contributed by atoms with Crippen molar-refractivity contribution in [3.8, 4) is 0 Å². The molecule has 1 aliphatic carbocycles. The molecule has 1 saturated heterocycles. The van der Waals surface area contributed by atoms with Crippen LogP contribution in [-0.2, 0) is 0 Å². The summed E-state index contributed by atoms with van der Waals surface area (Å²) in [5.74, 6) is 2.60. The van der Waals surface area contributed by atoms with Crippen LogP contribution in [0.5, 0.6) is 0 Å². The van der Waals surface area contributed by atoms with Crippen molar-refractivity contribution in [1.82, 2.24) is 20.2 Å². The lowest BCUT2D eigenvalue weighted by atomic mass is 9.85. The lowest BCUT2D eigenvalue weighted by Crippen LogP contribution is -2.35. The molecule has 2 aromatic rings. The quantitative estimate of drug-likeness (QED) is 0.907. The fraction of sp³-hybridized carbons (Fsp3) is 0.667. The third-order valence-corrected chi connectivity index (χ3v) is 4.91. The van der Waals surface area contributed by atoms with Gasteiger partial charge in [-0.05, 0) is 32.1 Å². The summed E-state index contributed by atoms with van der Waals surface area (Å²) in [5.41, 5.74) is 0.829. The molecule has 1 aliphatic heterocycles. The van der Waals surface area contributed by atoms with E-state index in [-0.39, 0.29) is 0 Å². The zero-order valence-corrected chi connectivity index (χ0v) is 12.5. The van der Waals surface area contributed by atoms with Crippen LogP contribution in [0.15, 0.2) is 6.20 Å². The molecule has 2 unspecified atom stereocenters. The minimum atomic E-state index is 0.654. The van der Waals surface area contributed by atoms with Gasteiger partial charge in [0.05, 0.1) is 11.6 Å². The summed E-state index contributed by atoms with van der Waals surface area (Å²) in [4.78, 5) is 11.8. The highest BCUT2D eigenvalue weighted by atomic mass is 15.3. The zero-order valence-electron chi connectivity index (χ0n) is 12.5. The summed E-state index contributed by atoms with van der Waals surface area (Å²) in [5, 5.41) is 11.4. The molecule has 21 heavy (non-hydrogen) atoms. The van der Waals surface area contributed by atoms with Crippen molar-refractivity contribution >= 4 is 22.8 Å². The molecular weight excluding hydrogens is 264 g/mol. The summed E-state index contributed by atoms with van der Waals surface area (Å²) >= 11 is 0. The van der Waals surface area contributed by atoms with Crippen LogP contribution in [0.4, 0.5) is 11.8 Å². The second-order valence-electron chi connectivity index (χ2n) is 6.13. The first-order valence-corrected chi connectivity index (χ1v) is 8.08. The van der Waals surface area contributed by atoms with Gasteiger partial charge in [-0.1, -0.05) is 12.8 Å². The van der Waals surface area contributed by atoms with Crippen LogP contribution in [0.3, 0.4) is 0 Å². The summed E-state index contributed by atoms with van der Waals surface area (Å²) in [6.45, 7) is 4.00. The maximum atomic E-state index is 4.78. The van der Waals surface area contributed by atoms with Crippen LogP contribution in [0.2, 0.25) is 0 Å². The smallest absolute Gasteiger partial charge is 0.226 e. The van der Waals surface area contributed by atoms with E-state index < -0.39 is 0 Å². The van der Waals surface area contributed by atoms with Crippen molar-refractivity contribution in [3.63, 3.8) is 0 Å². The molecule has 3 heterocycles. The number of rotatable bonds is 3. The van der Waals surface area contributed by atoms with E-state index in [0.717, 1.165) is 35.9 Å². The Hall–Kier alpha value is -1.85. The average Bonchev–Trinajstić information content (AvgIpc) is 3.13. The number of hydrogen-bond donors (Lipinski definition) is 2. The van der Waals surface area contributed by atoms with Crippen LogP contribution in [0.1, 0.15) is 39.0 Å². The second kappa shape index (κ2) is 5.16. The Balaban J connectivity index is 1.76. The number of nitrogens with one attached hydrogen (secondary N) is 2. The SMILES string of the molecule is CCNc1nc(N2CCC3CCCCC32)c2cn[nH]c2n1. The van der Waals surface area contributed by atoms with Gasteiger partial charge in [0, 0.05) is 19.1 Å². The lowest BCUT2D eigenvalue weighted by molar-refractivity contribution is 0.341. The second-order valence-corrected chi connectivity index (χ2v) is 6.13. The Morgan fingerprint density at radius 3 is 3.10 bits per heavy atom. The molecule has 4 rings (SSSR count). The fourth-order valence-electron chi connectivity index (χ4n) is 3.94. The van der Waals surface area contributed by atoms with Crippen molar-refractivity contribution in [2.45, 2.75) is 45.1 Å². The van der Waals surface area contributed by atoms with Crippen molar-refractivity contribution in [3.05, 3.63) is 6.20 Å². The molecule has 112 valence electrons.